The molecule has 3 nitrogen and oxygen atoms in total. The van der Waals surface area contributed by atoms with Crippen LogP contribution in [0.4, 0.5) is 0 Å². The molecule has 0 saturated heterocycles. The van der Waals surface area contributed by atoms with Gasteiger partial charge in [0, 0.05) is 5.57 Å². The zero-order valence-electron chi connectivity index (χ0n) is 5.64. The number of amides is 1. The van der Waals surface area contributed by atoms with Crippen molar-refractivity contribution in [2.24, 2.45) is 5.11 Å². The summed E-state index contributed by atoms with van der Waals surface area (Å²) < 4.78 is 0. The molecule has 0 aliphatic heterocycles. The van der Waals surface area contributed by atoms with Crippen molar-refractivity contribution in [1.82, 2.24) is 0 Å². The van der Waals surface area contributed by atoms with Crippen LogP contribution in [0, 0.1) is 5.53 Å². The van der Waals surface area contributed by atoms with Crippen LogP contribution in [0.2, 0.25) is 0 Å². The van der Waals surface area contributed by atoms with E-state index in [4.69, 9.17) is 5.53 Å². The third kappa shape index (κ3) is 2.74. The normalized spacial score (nSPS) is 11.1. The Morgan fingerprint density at radius 2 is 2.33 bits per heavy atom. The molecule has 0 saturated carbocycles. The van der Waals surface area contributed by atoms with Crippen molar-refractivity contribution in [1.29, 1.82) is 5.53 Å². The molecule has 0 atom stereocenters. The minimum absolute atomic E-state index is 0.447. The Hall–Kier alpha value is -0.990. The first kappa shape index (κ1) is 8.01. The van der Waals surface area contributed by atoms with Gasteiger partial charge in [-0.05, 0) is 13.3 Å². The van der Waals surface area contributed by atoms with Gasteiger partial charge in [-0.1, -0.05) is 13.0 Å². The van der Waals surface area contributed by atoms with Gasteiger partial charge in [-0.25, -0.2) is 5.53 Å². The van der Waals surface area contributed by atoms with Gasteiger partial charge in [0.2, 0.25) is 0 Å². The molecule has 0 aromatic heterocycles. The van der Waals surface area contributed by atoms with Gasteiger partial charge >= 0.3 is 0 Å². The maximum absolute atomic E-state index is 10.5. The minimum Gasteiger partial charge on any atom is -0.266 e. The standard InChI is InChI=1S/C6H10N2O/c1-3-4-5(2)6(9)8-7/h4,7H,3H2,1-2H3/b5-4+,8-7?. The number of carbonyl (C=O) groups is 1. The van der Waals surface area contributed by atoms with Crippen molar-refractivity contribution in [3.05, 3.63) is 11.6 Å². The number of rotatable bonds is 2. The van der Waals surface area contributed by atoms with Crippen LogP contribution in [0.5, 0.6) is 0 Å². The van der Waals surface area contributed by atoms with E-state index in [1.54, 1.807) is 13.0 Å². The second-order valence-electron chi connectivity index (χ2n) is 1.71. The number of hydrogen-bond donors (Lipinski definition) is 1. The highest BCUT2D eigenvalue weighted by molar-refractivity contribution is 5.92. The first-order valence-corrected chi connectivity index (χ1v) is 2.81. The molecule has 3 heteroatoms. The van der Waals surface area contributed by atoms with Crippen LogP contribution in [0.25, 0.3) is 0 Å². The molecule has 0 radical (unpaired) electrons. The van der Waals surface area contributed by atoms with E-state index < -0.39 is 5.91 Å². The molecule has 0 aromatic carbocycles. The molecule has 0 aliphatic rings. The summed E-state index contributed by atoms with van der Waals surface area (Å²) in [5, 5.41) is 2.75. The smallest absolute Gasteiger partial charge is 0.266 e. The van der Waals surface area contributed by atoms with Gasteiger partial charge in [-0.2, -0.15) is 0 Å². The SMILES string of the molecule is CC/C=C(\C)C(=O)N=N. The number of nitrogens with one attached hydrogen (secondary N) is 1. The van der Waals surface area contributed by atoms with Crippen molar-refractivity contribution in [3.63, 3.8) is 0 Å². The Balaban J connectivity index is 4.01. The van der Waals surface area contributed by atoms with E-state index in [1.165, 1.54) is 0 Å². The highest BCUT2D eigenvalue weighted by Crippen LogP contribution is 1.96. The fourth-order valence-corrected chi connectivity index (χ4v) is 0.482. The van der Waals surface area contributed by atoms with Gasteiger partial charge in [-0.3, -0.25) is 4.79 Å². The molecular formula is C6H10N2O. The van der Waals surface area contributed by atoms with Crippen molar-refractivity contribution in [2.75, 3.05) is 0 Å². The van der Waals surface area contributed by atoms with Crippen LogP contribution < -0.4 is 0 Å². The lowest BCUT2D eigenvalue weighted by atomic mass is 10.2. The van der Waals surface area contributed by atoms with Gasteiger partial charge in [0.1, 0.15) is 0 Å². The van der Waals surface area contributed by atoms with Crippen LogP contribution >= 0.6 is 0 Å². The third-order valence-corrected chi connectivity index (χ3v) is 0.949. The van der Waals surface area contributed by atoms with E-state index >= 15 is 0 Å². The zero-order chi connectivity index (χ0) is 7.28. The largest absolute Gasteiger partial charge is 0.290 e. The molecule has 0 unspecified atom stereocenters. The summed E-state index contributed by atoms with van der Waals surface area (Å²) in [5.74, 6) is -0.447. The maximum atomic E-state index is 10.5. The minimum atomic E-state index is -0.447. The van der Waals surface area contributed by atoms with Gasteiger partial charge in [0.15, 0.2) is 0 Å². The lowest BCUT2D eigenvalue weighted by molar-refractivity contribution is -0.115. The second kappa shape index (κ2) is 3.95. The summed E-state index contributed by atoms with van der Waals surface area (Å²) in [6.07, 6.45) is 2.56. The molecule has 0 aliphatic carbocycles. The highest BCUT2D eigenvalue weighted by Gasteiger charge is 1.97. The lowest BCUT2D eigenvalue weighted by Gasteiger charge is -1.87. The predicted octanol–water partition coefficient (Wildman–Crippen LogP) is 1.90. The van der Waals surface area contributed by atoms with Crippen molar-refractivity contribution in [3.8, 4) is 0 Å². The molecule has 0 fully saturated rings. The molecule has 50 valence electrons. The number of nitrogens with zero attached hydrogens (tertiary/aromatic N) is 1. The summed E-state index contributed by atoms with van der Waals surface area (Å²) >= 11 is 0. The van der Waals surface area contributed by atoms with Gasteiger partial charge in [0.05, 0.1) is 0 Å². The Bertz CT molecular complexity index is 149. The number of carbonyl (C=O) groups excluding carboxylic acids is 1. The van der Waals surface area contributed by atoms with E-state index in [0.717, 1.165) is 6.42 Å². The quantitative estimate of drug-likeness (QED) is 0.446. The Morgan fingerprint density at radius 1 is 1.78 bits per heavy atom. The van der Waals surface area contributed by atoms with Gasteiger partial charge in [0.25, 0.3) is 5.91 Å². The van der Waals surface area contributed by atoms with Crippen LogP contribution in [0.3, 0.4) is 0 Å². The Labute approximate surface area is 54.3 Å². The molecule has 0 aromatic rings. The number of allylic oxidation sites excluding steroid dienone is 1. The van der Waals surface area contributed by atoms with Gasteiger partial charge in [-0.15, -0.1) is 5.11 Å². The van der Waals surface area contributed by atoms with E-state index in [2.05, 4.69) is 5.11 Å². The average molecular weight is 126 g/mol. The van der Waals surface area contributed by atoms with E-state index in [1.807, 2.05) is 6.92 Å². The summed E-state index contributed by atoms with van der Waals surface area (Å²) in [5.41, 5.74) is 6.90. The molecule has 9 heavy (non-hydrogen) atoms. The molecule has 0 rings (SSSR count). The summed E-state index contributed by atoms with van der Waals surface area (Å²) in [4.78, 5) is 10.5. The van der Waals surface area contributed by atoms with Crippen molar-refractivity contribution in [2.45, 2.75) is 20.3 Å². The first-order chi connectivity index (χ1) is 4.22. The Morgan fingerprint density at radius 3 is 2.67 bits per heavy atom. The molecule has 0 heterocycles. The number of hydrogen-bond acceptors (Lipinski definition) is 2. The van der Waals surface area contributed by atoms with E-state index in [9.17, 15) is 4.79 Å². The fourth-order valence-electron chi connectivity index (χ4n) is 0.482. The molecule has 0 bridgehead atoms. The Kier molecular flexibility index (Phi) is 3.51. The second-order valence-corrected chi connectivity index (χ2v) is 1.71. The predicted molar refractivity (Wildman–Crippen MR) is 34.2 cm³/mol. The first-order valence-electron chi connectivity index (χ1n) is 2.81. The topological polar surface area (TPSA) is 53.3 Å². The average Bonchev–Trinajstić information content (AvgIpc) is 1.87. The maximum Gasteiger partial charge on any atom is 0.290 e. The monoisotopic (exact) mass is 126 g/mol. The highest BCUT2D eigenvalue weighted by atomic mass is 16.1. The van der Waals surface area contributed by atoms with Crippen LogP contribution in [-0.4, -0.2) is 5.91 Å². The molecule has 0 spiro atoms. The van der Waals surface area contributed by atoms with E-state index in [-0.39, 0.29) is 0 Å². The molecular weight excluding hydrogens is 116 g/mol. The van der Waals surface area contributed by atoms with E-state index in [0.29, 0.717) is 5.57 Å². The molecule has 1 amide bonds. The van der Waals surface area contributed by atoms with Crippen LogP contribution in [0.1, 0.15) is 20.3 Å². The lowest BCUT2D eigenvalue weighted by Crippen LogP contribution is -1.91. The third-order valence-electron chi connectivity index (χ3n) is 0.949. The van der Waals surface area contributed by atoms with Crippen molar-refractivity contribution >= 4 is 5.91 Å². The molecule has 1 N–H and O–H groups in total. The fraction of sp³-hybridized carbons (Fsp3) is 0.500. The van der Waals surface area contributed by atoms with Crippen molar-refractivity contribution < 1.29 is 4.79 Å². The zero-order valence-corrected chi connectivity index (χ0v) is 5.64. The van der Waals surface area contributed by atoms with Crippen LogP contribution in [-0.2, 0) is 4.79 Å². The van der Waals surface area contributed by atoms with Crippen LogP contribution in [0.15, 0.2) is 16.8 Å². The summed E-state index contributed by atoms with van der Waals surface area (Å²) in [6.45, 7) is 3.59. The summed E-state index contributed by atoms with van der Waals surface area (Å²) in [7, 11) is 0. The van der Waals surface area contributed by atoms with Gasteiger partial charge < -0.3 is 0 Å². The summed E-state index contributed by atoms with van der Waals surface area (Å²) in [6, 6.07) is 0.